The van der Waals surface area contributed by atoms with Crippen molar-refractivity contribution in [3.8, 4) is 11.4 Å². The van der Waals surface area contributed by atoms with Crippen molar-refractivity contribution in [2.75, 3.05) is 6.61 Å². The van der Waals surface area contributed by atoms with Gasteiger partial charge in [0.1, 0.15) is 5.75 Å². The Morgan fingerprint density at radius 3 is 2.47 bits per heavy atom. The van der Waals surface area contributed by atoms with Crippen LogP contribution in [-0.2, 0) is 0 Å². The molecule has 2 rings (SSSR count). The zero-order valence-corrected chi connectivity index (χ0v) is 9.34. The molecule has 1 aromatic heterocycles. The van der Waals surface area contributed by atoms with E-state index in [0.29, 0.717) is 12.3 Å². The number of aromatic nitrogens is 2. The predicted octanol–water partition coefficient (Wildman–Crippen LogP) is 0.924. The Balaban J connectivity index is 2.40. The molecule has 0 amide bonds. The molecule has 5 nitrogen and oxygen atoms in total. The van der Waals surface area contributed by atoms with Gasteiger partial charge in [0.15, 0.2) is 0 Å². The third-order valence-corrected chi connectivity index (χ3v) is 2.25. The van der Waals surface area contributed by atoms with Crippen LogP contribution in [0.5, 0.6) is 5.75 Å². The fraction of sp³-hybridized carbons (Fsp3) is 0.167. The second-order valence-electron chi connectivity index (χ2n) is 3.41. The normalized spacial score (nSPS) is 10.2. The molecule has 5 heteroatoms. The molecule has 1 N–H and O–H groups in total. The molecule has 0 bridgehead atoms. The summed E-state index contributed by atoms with van der Waals surface area (Å²) in [6.07, 6.45) is 1.44. The molecular formula is C12H12N2O3. The molecule has 17 heavy (non-hydrogen) atoms. The monoisotopic (exact) mass is 232 g/mol. The van der Waals surface area contributed by atoms with Crippen LogP contribution in [0.1, 0.15) is 6.92 Å². The van der Waals surface area contributed by atoms with Crippen molar-refractivity contribution in [2.24, 2.45) is 0 Å². The van der Waals surface area contributed by atoms with Gasteiger partial charge in [-0.2, -0.15) is 0 Å². The Bertz CT molecular complexity index is 611. The van der Waals surface area contributed by atoms with Crippen molar-refractivity contribution in [2.45, 2.75) is 6.92 Å². The van der Waals surface area contributed by atoms with E-state index in [2.05, 4.69) is 4.98 Å². The lowest BCUT2D eigenvalue weighted by atomic mass is 10.3. The molecule has 0 atom stereocenters. The molecule has 1 heterocycles. The maximum absolute atomic E-state index is 11.5. The van der Waals surface area contributed by atoms with Crippen LogP contribution in [-0.4, -0.2) is 16.2 Å². The van der Waals surface area contributed by atoms with E-state index in [0.717, 1.165) is 5.75 Å². The van der Waals surface area contributed by atoms with Gasteiger partial charge in [-0.3, -0.25) is 14.3 Å². The highest BCUT2D eigenvalue weighted by molar-refractivity contribution is 5.37. The number of hydrogen-bond donors (Lipinski definition) is 1. The third kappa shape index (κ3) is 2.44. The summed E-state index contributed by atoms with van der Waals surface area (Å²) >= 11 is 0. The maximum atomic E-state index is 11.5. The molecule has 0 aliphatic carbocycles. The number of rotatable bonds is 3. The summed E-state index contributed by atoms with van der Waals surface area (Å²) in [5.74, 6) is 0.744. The average Bonchev–Trinajstić information content (AvgIpc) is 2.31. The lowest BCUT2D eigenvalue weighted by Gasteiger charge is -2.06. The summed E-state index contributed by atoms with van der Waals surface area (Å²) in [7, 11) is 0. The van der Waals surface area contributed by atoms with E-state index in [4.69, 9.17) is 4.74 Å². The Labute approximate surface area is 97.3 Å². The van der Waals surface area contributed by atoms with E-state index in [-0.39, 0.29) is 0 Å². The average molecular weight is 232 g/mol. The number of H-pyrrole nitrogens is 1. The summed E-state index contributed by atoms with van der Waals surface area (Å²) in [4.78, 5) is 24.6. The number of nitrogens with zero attached hydrogens (tertiary/aromatic N) is 1. The summed E-state index contributed by atoms with van der Waals surface area (Å²) in [6, 6.07) is 8.36. The van der Waals surface area contributed by atoms with E-state index in [9.17, 15) is 9.59 Å². The minimum atomic E-state index is -0.457. The largest absolute Gasteiger partial charge is 0.494 e. The predicted molar refractivity (Wildman–Crippen MR) is 63.8 cm³/mol. The first kappa shape index (κ1) is 11.2. The van der Waals surface area contributed by atoms with Crippen LogP contribution in [0, 0.1) is 0 Å². The molecular weight excluding hydrogens is 220 g/mol. The van der Waals surface area contributed by atoms with Gasteiger partial charge in [0.05, 0.1) is 12.3 Å². The highest BCUT2D eigenvalue weighted by Crippen LogP contribution is 2.13. The summed E-state index contributed by atoms with van der Waals surface area (Å²) in [5, 5.41) is 0. The van der Waals surface area contributed by atoms with Gasteiger partial charge in [-0.15, -0.1) is 0 Å². The van der Waals surface area contributed by atoms with E-state index in [1.807, 2.05) is 6.92 Å². The van der Waals surface area contributed by atoms with Gasteiger partial charge in [-0.25, -0.2) is 4.79 Å². The second kappa shape index (κ2) is 4.69. The fourth-order valence-electron chi connectivity index (χ4n) is 1.49. The summed E-state index contributed by atoms with van der Waals surface area (Å²) < 4.78 is 6.66. The van der Waals surface area contributed by atoms with Crippen LogP contribution in [0.4, 0.5) is 0 Å². The summed E-state index contributed by atoms with van der Waals surface area (Å²) in [6.45, 7) is 2.50. The second-order valence-corrected chi connectivity index (χ2v) is 3.41. The number of aromatic amines is 1. The van der Waals surface area contributed by atoms with Gasteiger partial charge in [0.25, 0.3) is 5.56 Å². The lowest BCUT2D eigenvalue weighted by molar-refractivity contribution is 0.340. The van der Waals surface area contributed by atoms with E-state index >= 15 is 0 Å². The van der Waals surface area contributed by atoms with Crippen molar-refractivity contribution in [3.05, 3.63) is 57.4 Å². The third-order valence-electron chi connectivity index (χ3n) is 2.25. The highest BCUT2D eigenvalue weighted by atomic mass is 16.5. The van der Waals surface area contributed by atoms with Crippen LogP contribution in [0.3, 0.4) is 0 Å². The highest BCUT2D eigenvalue weighted by Gasteiger charge is 2.00. The molecule has 0 spiro atoms. The van der Waals surface area contributed by atoms with Gasteiger partial charge in [-0.1, -0.05) is 0 Å². The topological polar surface area (TPSA) is 64.1 Å². The SMILES string of the molecule is CCOc1ccc(-n2ccc(=O)[nH]c2=O)cc1. The van der Waals surface area contributed by atoms with Crippen LogP contribution >= 0.6 is 0 Å². The van der Waals surface area contributed by atoms with Crippen molar-refractivity contribution in [1.29, 1.82) is 0 Å². The molecule has 0 radical (unpaired) electrons. The van der Waals surface area contributed by atoms with Crippen LogP contribution < -0.4 is 16.0 Å². The Morgan fingerprint density at radius 1 is 1.18 bits per heavy atom. The summed E-state index contributed by atoms with van der Waals surface area (Å²) in [5.41, 5.74) is -0.187. The molecule has 0 aliphatic rings. The zero-order chi connectivity index (χ0) is 12.3. The number of benzene rings is 1. The van der Waals surface area contributed by atoms with E-state index in [1.54, 1.807) is 24.3 Å². The maximum Gasteiger partial charge on any atom is 0.332 e. The molecule has 88 valence electrons. The van der Waals surface area contributed by atoms with Crippen molar-refractivity contribution < 1.29 is 4.74 Å². The van der Waals surface area contributed by atoms with Crippen LogP contribution in [0.15, 0.2) is 46.1 Å². The zero-order valence-electron chi connectivity index (χ0n) is 9.34. The Hall–Kier alpha value is -2.30. The first-order chi connectivity index (χ1) is 8.20. The standard InChI is InChI=1S/C12H12N2O3/c1-2-17-10-5-3-9(4-6-10)14-8-7-11(15)13-12(14)16/h3-8H,2H2,1H3,(H,13,15,16). The van der Waals surface area contributed by atoms with Crippen molar-refractivity contribution in [1.82, 2.24) is 9.55 Å². The smallest absolute Gasteiger partial charge is 0.332 e. The first-order valence-electron chi connectivity index (χ1n) is 5.26. The minimum absolute atomic E-state index is 0.405. The van der Waals surface area contributed by atoms with Gasteiger partial charge in [-0.05, 0) is 31.2 Å². The van der Waals surface area contributed by atoms with Crippen LogP contribution in [0.2, 0.25) is 0 Å². The quantitative estimate of drug-likeness (QED) is 0.856. The lowest BCUT2D eigenvalue weighted by Crippen LogP contribution is -2.27. The van der Waals surface area contributed by atoms with Crippen LogP contribution in [0.25, 0.3) is 5.69 Å². The number of nitrogens with one attached hydrogen (secondary N) is 1. The molecule has 0 fully saturated rings. The van der Waals surface area contributed by atoms with Crippen molar-refractivity contribution in [3.63, 3.8) is 0 Å². The number of ether oxygens (including phenoxy) is 1. The molecule has 0 unspecified atom stereocenters. The molecule has 0 aliphatic heterocycles. The molecule has 1 aromatic carbocycles. The van der Waals surface area contributed by atoms with Crippen molar-refractivity contribution >= 4 is 0 Å². The Kier molecular flexibility index (Phi) is 3.09. The van der Waals surface area contributed by atoms with Gasteiger partial charge < -0.3 is 4.74 Å². The molecule has 0 saturated heterocycles. The first-order valence-corrected chi connectivity index (χ1v) is 5.26. The van der Waals surface area contributed by atoms with Gasteiger partial charge in [0.2, 0.25) is 0 Å². The molecule has 2 aromatic rings. The number of hydrogen-bond acceptors (Lipinski definition) is 3. The Morgan fingerprint density at radius 2 is 1.88 bits per heavy atom. The van der Waals surface area contributed by atoms with Gasteiger partial charge in [0, 0.05) is 12.3 Å². The minimum Gasteiger partial charge on any atom is -0.494 e. The van der Waals surface area contributed by atoms with E-state index < -0.39 is 11.2 Å². The van der Waals surface area contributed by atoms with Gasteiger partial charge >= 0.3 is 5.69 Å². The fourth-order valence-corrected chi connectivity index (χ4v) is 1.49. The molecule has 0 saturated carbocycles. The van der Waals surface area contributed by atoms with E-state index in [1.165, 1.54) is 16.8 Å².